The standard InChI is InChI=1S/C13H20N2S/c1-9(2)6-7-16-12-5-4-10(3)8-11(12)13(14)15/h4-5,8-9H,6-7H2,1-3H3,(H3,14,15). The van der Waals surface area contributed by atoms with Gasteiger partial charge < -0.3 is 5.73 Å². The van der Waals surface area contributed by atoms with Crippen LogP contribution in [0.2, 0.25) is 0 Å². The van der Waals surface area contributed by atoms with Crippen LogP contribution in [-0.4, -0.2) is 11.6 Å². The van der Waals surface area contributed by atoms with Crippen molar-refractivity contribution in [3.05, 3.63) is 29.3 Å². The first-order valence-corrected chi connectivity index (χ1v) is 6.57. The third kappa shape index (κ3) is 3.89. The van der Waals surface area contributed by atoms with E-state index >= 15 is 0 Å². The van der Waals surface area contributed by atoms with Crippen LogP contribution < -0.4 is 5.73 Å². The van der Waals surface area contributed by atoms with E-state index in [1.165, 1.54) is 6.42 Å². The molecule has 0 saturated carbocycles. The number of nitrogens with two attached hydrogens (primary N) is 1. The zero-order chi connectivity index (χ0) is 12.1. The lowest BCUT2D eigenvalue weighted by Gasteiger charge is -2.09. The summed E-state index contributed by atoms with van der Waals surface area (Å²) in [6, 6.07) is 6.13. The fourth-order valence-corrected chi connectivity index (χ4v) is 2.68. The Morgan fingerprint density at radius 1 is 1.44 bits per heavy atom. The number of nitrogen functional groups attached to an aromatic ring is 1. The lowest BCUT2D eigenvalue weighted by Crippen LogP contribution is -2.12. The van der Waals surface area contributed by atoms with Gasteiger partial charge in [0.1, 0.15) is 5.84 Å². The van der Waals surface area contributed by atoms with Gasteiger partial charge in [0.2, 0.25) is 0 Å². The van der Waals surface area contributed by atoms with Gasteiger partial charge in [0, 0.05) is 10.5 Å². The summed E-state index contributed by atoms with van der Waals surface area (Å²) in [7, 11) is 0. The third-order valence-electron chi connectivity index (χ3n) is 2.38. The number of amidine groups is 1. The van der Waals surface area contributed by atoms with E-state index in [9.17, 15) is 0 Å². The molecule has 3 heteroatoms. The maximum absolute atomic E-state index is 7.56. The molecule has 0 heterocycles. The van der Waals surface area contributed by atoms with Crippen molar-refractivity contribution in [1.82, 2.24) is 0 Å². The van der Waals surface area contributed by atoms with Crippen molar-refractivity contribution >= 4 is 17.6 Å². The first kappa shape index (κ1) is 13.1. The van der Waals surface area contributed by atoms with Crippen LogP contribution in [-0.2, 0) is 0 Å². The van der Waals surface area contributed by atoms with E-state index in [1.807, 2.05) is 13.0 Å². The molecule has 16 heavy (non-hydrogen) atoms. The second-order valence-electron chi connectivity index (χ2n) is 4.44. The number of hydrogen-bond acceptors (Lipinski definition) is 2. The minimum Gasteiger partial charge on any atom is -0.384 e. The fraction of sp³-hybridized carbons (Fsp3) is 0.462. The Labute approximate surface area is 102 Å². The SMILES string of the molecule is Cc1ccc(SCCC(C)C)c(C(=N)N)c1. The summed E-state index contributed by atoms with van der Waals surface area (Å²) in [5.74, 6) is 1.97. The second-order valence-corrected chi connectivity index (χ2v) is 5.58. The van der Waals surface area contributed by atoms with Crippen LogP contribution in [0.15, 0.2) is 23.1 Å². The lowest BCUT2D eigenvalue weighted by molar-refractivity contribution is 0.632. The van der Waals surface area contributed by atoms with Crippen LogP contribution in [0, 0.1) is 18.3 Å². The van der Waals surface area contributed by atoms with Crippen molar-refractivity contribution in [2.75, 3.05) is 5.75 Å². The summed E-state index contributed by atoms with van der Waals surface area (Å²) >= 11 is 1.79. The molecular formula is C13H20N2S. The van der Waals surface area contributed by atoms with Crippen molar-refractivity contribution in [2.45, 2.75) is 32.1 Å². The van der Waals surface area contributed by atoms with E-state index in [1.54, 1.807) is 11.8 Å². The van der Waals surface area contributed by atoms with Crippen LogP contribution >= 0.6 is 11.8 Å². The summed E-state index contributed by atoms with van der Waals surface area (Å²) in [6.45, 7) is 6.47. The normalized spacial score (nSPS) is 10.8. The molecule has 0 atom stereocenters. The first-order chi connectivity index (χ1) is 7.50. The highest BCUT2D eigenvalue weighted by molar-refractivity contribution is 7.99. The number of benzene rings is 1. The molecule has 0 aliphatic carbocycles. The van der Waals surface area contributed by atoms with E-state index in [0.717, 1.165) is 27.7 Å². The van der Waals surface area contributed by atoms with Crippen molar-refractivity contribution in [2.24, 2.45) is 11.7 Å². The quantitative estimate of drug-likeness (QED) is 0.467. The molecule has 0 saturated heterocycles. The van der Waals surface area contributed by atoms with Gasteiger partial charge in [-0.2, -0.15) is 0 Å². The highest BCUT2D eigenvalue weighted by Crippen LogP contribution is 2.25. The van der Waals surface area contributed by atoms with Crippen LogP contribution in [0.1, 0.15) is 31.4 Å². The topological polar surface area (TPSA) is 49.9 Å². The molecule has 1 aromatic carbocycles. The molecule has 3 N–H and O–H groups in total. The molecule has 0 amide bonds. The van der Waals surface area contributed by atoms with Crippen LogP contribution in [0.4, 0.5) is 0 Å². The predicted octanol–water partition coefficient (Wildman–Crippen LogP) is 3.42. The van der Waals surface area contributed by atoms with Gasteiger partial charge in [0.15, 0.2) is 0 Å². The molecule has 0 fully saturated rings. The van der Waals surface area contributed by atoms with E-state index in [0.29, 0.717) is 0 Å². The van der Waals surface area contributed by atoms with Crippen molar-refractivity contribution < 1.29 is 0 Å². The maximum Gasteiger partial charge on any atom is 0.123 e. The van der Waals surface area contributed by atoms with Crippen LogP contribution in [0.3, 0.4) is 0 Å². The number of aryl methyl sites for hydroxylation is 1. The molecule has 1 rings (SSSR count). The maximum atomic E-state index is 7.56. The molecule has 0 aliphatic rings. The highest BCUT2D eigenvalue weighted by atomic mass is 32.2. The Balaban J connectivity index is 2.75. The molecule has 0 spiro atoms. The Bertz CT molecular complexity index is 372. The molecule has 1 aromatic rings. The minimum absolute atomic E-state index is 0.163. The Kier molecular flexibility index (Phi) is 4.87. The fourth-order valence-electron chi connectivity index (χ4n) is 1.38. The molecule has 0 aliphatic heterocycles. The molecular weight excluding hydrogens is 216 g/mol. The largest absolute Gasteiger partial charge is 0.384 e. The van der Waals surface area contributed by atoms with Gasteiger partial charge in [-0.3, -0.25) is 5.41 Å². The minimum atomic E-state index is 0.163. The molecule has 0 unspecified atom stereocenters. The van der Waals surface area contributed by atoms with Crippen molar-refractivity contribution in [3.63, 3.8) is 0 Å². The zero-order valence-corrected chi connectivity index (χ0v) is 11.0. The van der Waals surface area contributed by atoms with Crippen molar-refractivity contribution in [1.29, 1.82) is 5.41 Å². The van der Waals surface area contributed by atoms with Crippen molar-refractivity contribution in [3.8, 4) is 0 Å². The lowest BCUT2D eigenvalue weighted by atomic mass is 10.1. The van der Waals surface area contributed by atoms with Crippen LogP contribution in [0.25, 0.3) is 0 Å². The number of thioether (sulfide) groups is 1. The number of hydrogen-bond donors (Lipinski definition) is 2. The molecule has 88 valence electrons. The van der Waals surface area contributed by atoms with Gasteiger partial charge in [-0.1, -0.05) is 25.5 Å². The molecule has 0 radical (unpaired) electrons. The van der Waals surface area contributed by atoms with E-state index in [-0.39, 0.29) is 5.84 Å². The zero-order valence-electron chi connectivity index (χ0n) is 10.2. The van der Waals surface area contributed by atoms with Gasteiger partial charge in [-0.05, 0) is 37.1 Å². The summed E-state index contributed by atoms with van der Waals surface area (Å²) < 4.78 is 0. The second kappa shape index (κ2) is 5.94. The Morgan fingerprint density at radius 2 is 2.12 bits per heavy atom. The van der Waals surface area contributed by atoms with Crippen LogP contribution in [0.5, 0.6) is 0 Å². The van der Waals surface area contributed by atoms with E-state index in [4.69, 9.17) is 11.1 Å². The number of nitrogens with one attached hydrogen (secondary N) is 1. The highest BCUT2D eigenvalue weighted by Gasteiger charge is 2.06. The summed E-state index contributed by atoms with van der Waals surface area (Å²) in [4.78, 5) is 1.12. The average molecular weight is 236 g/mol. The first-order valence-electron chi connectivity index (χ1n) is 5.58. The smallest absolute Gasteiger partial charge is 0.123 e. The average Bonchev–Trinajstić information content (AvgIpc) is 2.19. The monoisotopic (exact) mass is 236 g/mol. The molecule has 2 nitrogen and oxygen atoms in total. The van der Waals surface area contributed by atoms with Gasteiger partial charge in [-0.25, -0.2) is 0 Å². The van der Waals surface area contributed by atoms with Gasteiger partial charge in [0.25, 0.3) is 0 Å². The Morgan fingerprint density at radius 3 is 2.69 bits per heavy atom. The number of rotatable bonds is 5. The van der Waals surface area contributed by atoms with E-state index in [2.05, 4.69) is 26.0 Å². The van der Waals surface area contributed by atoms with Gasteiger partial charge in [0.05, 0.1) is 0 Å². The summed E-state index contributed by atoms with van der Waals surface area (Å²) in [6.07, 6.45) is 1.19. The summed E-state index contributed by atoms with van der Waals surface area (Å²) in [5.41, 5.74) is 7.61. The molecule has 0 aromatic heterocycles. The van der Waals surface area contributed by atoms with Gasteiger partial charge in [-0.15, -0.1) is 11.8 Å². The van der Waals surface area contributed by atoms with E-state index < -0.39 is 0 Å². The van der Waals surface area contributed by atoms with Gasteiger partial charge >= 0.3 is 0 Å². The predicted molar refractivity (Wildman–Crippen MR) is 72.4 cm³/mol. The summed E-state index contributed by atoms with van der Waals surface area (Å²) in [5, 5.41) is 7.56. The Hall–Kier alpha value is -0.960. The molecule has 0 bridgehead atoms. The third-order valence-corrected chi connectivity index (χ3v) is 3.48.